The second-order valence-corrected chi connectivity index (χ2v) is 7.64. The van der Waals surface area contributed by atoms with Crippen molar-refractivity contribution in [1.29, 1.82) is 0 Å². The third-order valence-corrected chi connectivity index (χ3v) is 5.10. The van der Waals surface area contributed by atoms with Crippen LogP contribution in [0.15, 0.2) is 54.6 Å². The third-order valence-electron chi connectivity index (χ3n) is 4.85. The van der Waals surface area contributed by atoms with Crippen molar-refractivity contribution in [2.45, 2.75) is 13.0 Å². The van der Waals surface area contributed by atoms with Gasteiger partial charge in [0.1, 0.15) is 6.61 Å². The number of hydrogen-bond donors (Lipinski definition) is 2. The number of carbonyl (C=O) groups is 2. The topological polar surface area (TPSA) is 90.3 Å². The van der Waals surface area contributed by atoms with Gasteiger partial charge in [-0.15, -0.1) is 0 Å². The van der Waals surface area contributed by atoms with E-state index < -0.39 is 11.9 Å². The maximum absolute atomic E-state index is 10.5. The summed E-state index contributed by atoms with van der Waals surface area (Å²) in [6.07, 6.45) is 0. The Kier molecular flexibility index (Phi) is 14.1. The van der Waals surface area contributed by atoms with Gasteiger partial charge < -0.3 is 14.9 Å². The summed E-state index contributed by atoms with van der Waals surface area (Å²) in [5.41, 5.74) is 2.52. The summed E-state index contributed by atoms with van der Waals surface area (Å²) in [5.74, 6) is -1.76. The Balaban J connectivity index is 0.000000945. The zero-order valence-electron chi connectivity index (χ0n) is 17.6. The molecule has 1 unspecified atom stereocenters. The fourth-order valence-corrected chi connectivity index (χ4v) is 3.62. The first-order valence-corrected chi connectivity index (χ1v) is 10.5. The van der Waals surface area contributed by atoms with Crippen LogP contribution >= 0.6 is 11.6 Å². The first kappa shape index (κ1) is 28.8. The standard InChI is InChI=1S/C21H25ClN2O3.C2H4O2.Ca.2H/c22-19-8-6-18(7-9-19)21(17-4-2-1-3-5-17)24-12-10-23(11-13-24)14-15-27-16-20(25)26;1-2(3)4;;;/h1-9,21H,10-16H2,(H,25,26);1H3,(H,3,4);;;. The van der Waals surface area contributed by atoms with Crippen LogP contribution in [0.1, 0.15) is 24.1 Å². The fraction of sp³-hybridized carbons (Fsp3) is 0.391. The number of aliphatic carboxylic acids is 2. The molecule has 7 nitrogen and oxygen atoms in total. The summed E-state index contributed by atoms with van der Waals surface area (Å²) in [6, 6.07) is 18.8. The minimum absolute atomic E-state index is 0. The molecule has 1 aliphatic rings. The molecule has 0 spiro atoms. The van der Waals surface area contributed by atoms with Crippen LogP contribution in [-0.2, 0) is 14.3 Å². The van der Waals surface area contributed by atoms with Crippen LogP contribution in [0.4, 0.5) is 0 Å². The van der Waals surface area contributed by atoms with Crippen LogP contribution in [0.5, 0.6) is 0 Å². The Labute approximate surface area is 223 Å². The van der Waals surface area contributed by atoms with Gasteiger partial charge in [0.05, 0.1) is 12.6 Å². The van der Waals surface area contributed by atoms with Gasteiger partial charge in [0.2, 0.25) is 0 Å². The van der Waals surface area contributed by atoms with Gasteiger partial charge in [0, 0.05) is 44.7 Å². The molecule has 0 bridgehead atoms. The van der Waals surface area contributed by atoms with E-state index in [4.69, 9.17) is 31.3 Å². The average Bonchev–Trinajstić information content (AvgIpc) is 2.74. The van der Waals surface area contributed by atoms with Crippen molar-refractivity contribution < 1.29 is 24.5 Å². The molecule has 1 aliphatic heterocycles. The number of benzene rings is 2. The molecule has 2 N–H and O–H groups in total. The van der Waals surface area contributed by atoms with Gasteiger partial charge in [-0.3, -0.25) is 14.6 Å². The van der Waals surface area contributed by atoms with Crippen LogP contribution in [0.25, 0.3) is 0 Å². The Morgan fingerprint density at radius 3 is 2.03 bits per heavy atom. The number of carboxylic acids is 2. The average molecular weight is 491 g/mol. The molecule has 1 saturated heterocycles. The molecule has 9 heteroatoms. The molecule has 0 aliphatic carbocycles. The predicted molar refractivity (Wildman–Crippen MR) is 128 cm³/mol. The summed E-state index contributed by atoms with van der Waals surface area (Å²) in [5, 5.41) is 16.8. The van der Waals surface area contributed by atoms with Crippen molar-refractivity contribution in [1.82, 2.24) is 9.80 Å². The third kappa shape index (κ3) is 10.6. The predicted octanol–water partition coefficient (Wildman–Crippen LogP) is 2.32. The molecular weight excluding hydrogens is 460 g/mol. The normalized spacial score (nSPS) is 15.1. The van der Waals surface area contributed by atoms with Crippen molar-refractivity contribution in [3.8, 4) is 0 Å². The zero-order chi connectivity index (χ0) is 22.6. The van der Waals surface area contributed by atoms with E-state index in [1.165, 1.54) is 11.1 Å². The van der Waals surface area contributed by atoms with E-state index in [1.54, 1.807) is 0 Å². The van der Waals surface area contributed by atoms with Gasteiger partial charge in [0.25, 0.3) is 5.97 Å². The molecule has 32 heavy (non-hydrogen) atoms. The SMILES string of the molecule is CC(=O)O.O=C(O)COCCN1CCN(C(c2ccccc2)c2ccc(Cl)cc2)CC1.[CaH2]. The van der Waals surface area contributed by atoms with Gasteiger partial charge in [-0.05, 0) is 23.3 Å². The molecular formula is C23H31CaClN2O5. The molecule has 0 radical (unpaired) electrons. The van der Waals surface area contributed by atoms with Crippen LogP contribution < -0.4 is 0 Å². The molecule has 0 saturated carbocycles. The van der Waals surface area contributed by atoms with Crippen LogP contribution in [0.2, 0.25) is 5.02 Å². The van der Waals surface area contributed by atoms with Crippen molar-refractivity contribution in [3.63, 3.8) is 0 Å². The number of carboxylic acid groups (broad SMARTS) is 2. The molecule has 0 amide bonds. The maximum atomic E-state index is 10.5. The van der Waals surface area contributed by atoms with Crippen LogP contribution in [0.3, 0.4) is 0 Å². The van der Waals surface area contributed by atoms with E-state index in [0.29, 0.717) is 6.61 Å². The van der Waals surface area contributed by atoms with Crippen molar-refractivity contribution in [3.05, 3.63) is 70.7 Å². The molecule has 172 valence electrons. The van der Waals surface area contributed by atoms with E-state index in [-0.39, 0.29) is 50.4 Å². The molecule has 3 rings (SSSR count). The first-order chi connectivity index (χ1) is 14.9. The van der Waals surface area contributed by atoms with E-state index in [9.17, 15) is 4.79 Å². The monoisotopic (exact) mass is 490 g/mol. The first-order valence-electron chi connectivity index (χ1n) is 10.1. The van der Waals surface area contributed by atoms with Crippen LogP contribution in [0, 0.1) is 0 Å². The van der Waals surface area contributed by atoms with Crippen molar-refractivity contribution in [2.75, 3.05) is 45.9 Å². The van der Waals surface area contributed by atoms with E-state index >= 15 is 0 Å². The number of halogens is 1. The number of hydrogen-bond acceptors (Lipinski definition) is 5. The second kappa shape index (κ2) is 15.6. The molecule has 2 aromatic rings. The number of rotatable bonds is 8. The molecule has 0 aromatic heterocycles. The van der Waals surface area contributed by atoms with E-state index in [0.717, 1.165) is 44.7 Å². The zero-order valence-corrected chi connectivity index (χ0v) is 18.4. The quantitative estimate of drug-likeness (QED) is 0.433. The second-order valence-electron chi connectivity index (χ2n) is 7.21. The minimum atomic E-state index is -0.923. The Bertz CT molecular complexity index is 811. The summed E-state index contributed by atoms with van der Waals surface area (Å²) in [4.78, 5) is 24.3. The van der Waals surface area contributed by atoms with Gasteiger partial charge in [-0.25, -0.2) is 4.79 Å². The Morgan fingerprint density at radius 2 is 1.50 bits per heavy atom. The molecule has 1 fully saturated rings. The fourth-order valence-electron chi connectivity index (χ4n) is 3.49. The molecule has 1 atom stereocenters. The van der Waals surface area contributed by atoms with Crippen molar-refractivity contribution >= 4 is 61.3 Å². The van der Waals surface area contributed by atoms with E-state index in [1.807, 2.05) is 18.2 Å². The summed E-state index contributed by atoms with van der Waals surface area (Å²) >= 11 is 6.08. The Morgan fingerprint density at radius 1 is 0.969 bits per heavy atom. The Hall–Kier alpha value is -1.19. The van der Waals surface area contributed by atoms with E-state index in [2.05, 4.69) is 46.2 Å². The summed E-state index contributed by atoms with van der Waals surface area (Å²) in [6.45, 7) is 5.83. The molecule has 1 heterocycles. The molecule has 2 aromatic carbocycles. The number of piperazine rings is 1. The van der Waals surface area contributed by atoms with Gasteiger partial charge in [-0.2, -0.15) is 0 Å². The number of ether oxygens (including phenoxy) is 1. The van der Waals surface area contributed by atoms with Gasteiger partial charge >= 0.3 is 43.7 Å². The van der Waals surface area contributed by atoms with Crippen LogP contribution in [-0.4, -0.2) is 116 Å². The number of nitrogens with zero attached hydrogens (tertiary/aromatic N) is 2. The van der Waals surface area contributed by atoms with Crippen molar-refractivity contribution in [2.24, 2.45) is 0 Å². The van der Waals surface area contributed by atoms with Gasteiger partial charge in [0.15, 0.2) is 0 Å². The summed E-state index contributed by atoms with van der Waals surface area (Å²) < 4.78 is 5.15. The summed E-state index contributed by atoms with van der Waals surface area (Å²) in [7, 11) is 0. The van der Waals surface area contributed by atoms with Gasteiger partial charge in [-0.1, -0.05) is 54.1 Å².